The number of hydrogen-bond acceptors (Lipinski definition) is 2. The van der Waals surface area contributed by atoms with Crippen molar-refractivity contribution in [2.45, 2.75) is 38.6 Å². The van der Waals surface area contributed by atoms with Crippen molar-refractivity contribution in [3.05, 3.63) is 0 Å². The number of urea groups is 1. The van der Waals surface area contributed by atoms with Gasteiger partial charge in [-0.15, -0.1) is 0 Å². The SMILES string of the molecule is CCCNC(=O)N(CCC(=O)O)C1CC1. The van der Waals surface area contributed by atoms with Crippen LogP contribution in [0.25, 0.3) is 0 Å². The van der Waals surface area contributed by atoms with Crippen LogP contribution >= 0.6 is 0 Å². The van der Waals surface area contributed by atoms with Gasteiger partial charge in [0.15, 0.2) is 0 Å². The minimum atomic E-state index is -0.857. The lowest BCUT2D eigenvalue weighted by Crippen LogP contribution is -2.42. The topological polar surface area (TPSA) is 69.6 Å². The lowest BCUT2D eigenvalue weighted by Gasteiger charge is -2.21. The Labute approximate surface area is 89.4 Å². The Balaban J connectivity index is 2.35. The molecule has 0 bridgehead atoms. The first kappa shape index (κ1) is 11.8. The molecule has 0 radical (unpaired) electrons. The highest BCUT2D eigenvalue weighted by atomic mass is 16.4. The van der Waals surface area contributed by atoms with Crippen molar-refractivity contribution in [3.63, 3.8) is 0 Å². The van der Waals surface area contributed by atoms with Crippen LogP contribution in [0.2, 0.25) is 0 Å². The zero-order valence-corrected chi connectivity index (χ0v) is 9.03. The fourth-order valence-corrected chi connectivity index (χ4v) is 1.39. The van der Waals surface area contributed by atoms with E-state index in [2.05, 4.69) is 5.32 Å². The monoisotopic (exact) mass is 214 g/mol. The van der Waals surface area contributed by atoms with E-state index in [1.165, 1.54) is 0 Å². The van der Waals surface area contributed by atoms with Crippen LogP contribution in [0, 0.1) is 0 Å². The normalized spacial score (nSPS) is 14.7. The van der Waals surface area contributed by atoms with Crippen molar-refractivity contribution in [2.24, 2.45) is 0 Å². The standard InChI is InChI=1S/C10H18N2O3/c1-2-6-11-10(15)12(8-3-4-8)7-5-9(13)14/h8H,2-7H2,1H3,(H,11,15)(H,13,14). The van der Waals surface area contributed by atoms with Crippen LogP contribution in [-0.2, 0) is 4.79 Å². The molecule has 0 atom stereocenters. The lowest BCUT2D eigenvalue weighted by atomic mass is 10.4. The number of hydrogen-bond donors (Lipinski definition) is 2. The highest BCUT2D eigenvalue weighted by molar-refractivity contribution is 5.76. The largest absolute Gasteiger partial charge is 0.481 e. The average molecular weight is 214 g/mol. The van der Waals surface area contributed by atoms with Crippen LogP contribution in [0.15, 0.2) is 0 Å². The molecule has 0 aliphatic heterocycles. The molecule has 1 fully saturated rings. The van der Waals surface area contributed by atoms with Crippen LogP contribution in [0.3, 0.4) is 0 Å². The highest BCUT2D eigenvalue weighted by Crippen LogP contribution is 2.26. The number of nitrogens with one attached hydrogen (secondary N) is 1. The van der Waals surface area contributed by atoms with Gasteiger partial charge in [-0.25, -0.2) is 4.79 Å². The third-order valence-electron chi connectivity index (χ3n) is 2.34. The summed E-state index contributed by atoms with van der Waals surface area (Å²) in [6, 6.07) is 0.141. The summed E-state index contributed by atoms with van der Waals surface area (Å²) < 4.78 is 0. The third kappa shape index (κ3) is 4.18. The minimum Gasteiger partial charge on any atom is -0.481 e. The Morgan fingerprint density at radius 3 is 2.60 bits per heavy atom. The van der Waals surface area contributed by atoms with E-state index in [-0.39, 0.29) is 18.5 Å². The van der Waals surface area contributed by atoms with Crippen LogP contribution in [0.4, 0.5) is 4.79 Å². The molecule has 0 aromatic rings. The van der Waals surface area contributed by atoms with Crippen LogP contribution in [0.1, 0.15) is 32.6 Å². The molecule has 2 amide bonds. The second-order valence-corrected chi connectivity index (χ2v) is 3.80. The van der Waals surface area contributed by atoms with E-state index in [0.717, 1.165) is 19.3 Å². The maximum atomic E-state index is 11.6. The highest BCUT2D eigenvalue weighted by Gasteiger charge is 2.32. The van der Waals surface area contributed by atoms with Gasteiger partial charge in [0.2, 0.25) is 0 Å². The predicted octanol–water partition coefficient (Wildman–Crippen LogP) is 1.05. The summed E-state index contributed by atoms with van der Waals surface area (Å²) in [7, 11) is 0. The van der Waals surface area contributed by atoms with Crippen molar-refractivity contribution < 1.29 is 14.7 Å². The van der Waals surface area contributed by atoms with Gasteiger partial charge >= 0.3 is 12.0 Å². The molecule has 1 aliphatic carbocycles. The van der Waals surface area contributed by atoms with E-state index in [1.807, 2.05) is 6.92 Å². The van der Waals surface area contributed by atoms with E-state index >= 15 is 0 Å². The molecule has 5 heteroatoms. The molecule has 15 heavy (non-hydrogen) atoms. The Hall–Kier alpha value is -1.26. The molecule has 2 N–H and O–H groups in total. The molecule has 0 aromatic heterocycles. The number of amides is 2. The molecule has 1 saturated carbocycles. The van der Waals surface area contributed by atoms with E-state index in [9.17, 15) is 9.59 Å². The Morgan fingerprint density at radius 1 is 1.47 bits per heavy atom. The number of rotatable bonds is 6. The third-order valence-corrected chi connectivity index (χ3v) is 2.34. The summed E-state index contributed by atoms with van der Waals surface area (Å²) in [5, 5.41) is 11.3. The van der Waals surface area contributed by atoms with Crippen LogP contribution < -0.4 is 5.32 Å². The summed E-state index contributed by atoms with van der Waals surface area (Å²) in [4.78, 5) is 23.7. The molecular weight excluding hydrogens is 196 g/mol. The van der Waals surface area contributed by atoms with E-state index in [4.69, 9.17) is 5.11 Å². The number of carboxylic acids is 1. The van der Waals surface area contributed by atoms with Gasteiger partial charge in [-0.2, -0.15) is 0 Å². The van der Waals surface area contributed by atoms with E-state index in [1.54, 1.807) is 4.90 Å². The second kappa shape index (κ2) is 5.58. The van der Waals surface area contributed by atoms with Gasteiger partial charge in [-0.05, 0) is 19.3 Å². The van der Waals surface area contributed by atoms with Crippen LogP contribution in [-0.4, -0.2) is 41.1 Å². The van der Waals surface area contributed by atoms with Gasteiger partial charge in [0.25, 0.3) is 0 Å². The molecule has 0 heterocycles. The van der Waals surface area contributed by atoms with E-state index < -0.39 is 5.97 Å². The summed E-state index contributed by atoms with van der Waals surface area (Å²) in [6.45, 7) is 2.95. The molecule has 1 aliphatic rings. The summed E-state index contributed by atoms with van der Waals surface area (Å²) in [5.41, 5.74) is 0. The second-order valence-electron chi connectivity index (χ2n) is 3.80. The summed E-state index contributed by atoms with van der Waals surface area (Å²) >= 11 is 0. The first-order chi connectivity index (χ1) is 7.15. The maximum Gasteiger partial charge on any atom is 0.317 e. The minimum absolute atomic E-state index is 0.0239. The van der Waals surface area contributed by atoms with Crippen molar-refractivity contribution in [1.29, 1.82) is 0 Å². The Bertz CT molecular complexity index is 239. The van der Waals surface area contributed by atoms with Crippen molar-refractivity contribution in [3.8, 4) is 0 Å². The first-order valence-electron chi connectivity index (χ1n) is 5.41. The zero-order chi connectivity index (χ0) is 11.3. The number of carboxylic acid groups (broad SMARTS) is 1. The predicted molar refractivity (Wildman–Crippen MR) is 55.7 cm³/mol. The molecule has 86 valence electrons. The number of carbonyl (C=O) groups excluding carboxylic acids is 1. The molecule has 0 aromatic carbocycles. The van der Waals surface area contributed by atoms with Crippen molar-refractivity contribution in [2.75, 3.05) is 13.1 Å². The van der Waals surface area contributed by atoms with Gasteiger partial charge in [0.1, 0.15) is 0 Å². The van der Waals surface area contributed by atoms with Crippen molar-refractivity contribution >= 4 is 12.0 Å². The molecule has 1 rings (SSSR count). The first-order valence-corrected chi connectivity index (χ1v) is 5.41. The van der Waals surface area contributed by atoms with Crippen molar-refractivity contribution in [1.82, 2.24) is 10.2 Å². The Morgan fingerprint density at radius 2 is 2.13 bits per heavy atom. The van der Waals surface area contributed by atoms with Crippen LogP contribution in [0.5, 0.6) is 0 Å². The zero-order valence-electron chi connectivity index (χ0n) is 9.03. The molecule has 5 nitrogen and oxygen atoms in total. The summed E-state index contributed by atoms with van der Waals surface area (Å²) in [6.07, 6.45) is 2.91. The quantitative estimate of drug-likeness (QED) is 0.694. The lowest BCUT2D eigenvalue weighted by molar-refractivity contribution is -0.137. The van der Waals surface area contributed by atoms with Gasteiger partial charge < -0.3 is 15.3 Å². The summed E-state index contributed by atoms with van der Waals surface area (Å²) in [5.74, 6) is -0.857. The smallest absolute Gasteiger partial charge is 0.317 e. The fraction of sp³-hybridized carbons (Fsp3) is 0.800. The molecule has 0 spiro atoms. The van der Waals surface area contributed by atoms with Gasteiger partial charge in [0.05, 0.1) is 6.42 Å². The molecule has 0 unspecified atom stereocenters. The average Bonchev–Trinajstić information content (AvgIpc) is 2.98. The maximum absolute atomic E-state index is 11.6. The number of carbonyl (C=O) groups is 2. The van der Waals surface area contributed by atoms with Gasteiger partial charge in [-0.1, -0.05) is 6.92 Å². The van der Waals surface area contributed by atoms with Gasteiger partial charge in [-0.3, -0.25) is 4.79 Å². The van der Waals surface area contributed by atoms with E-state index in [0.29, 0.717) is 13.1 Å². The molecule has 0 saturated heterocycles. The number of aliphatic carboxylic acids is 1. The van der Waals surface area contributed by atoms with Gasteiger partial charge in [0, 0.05) is 19.1 Å². The molecular formula is C10H18N2O3. The Kier molecular flexibility index (Phi) is 4.39. The number of nitrogens with zero attached hydrogens (tertiary/aromatic N) is 1. The fourth-order valence-electron chi connectivity index (χ4n) is 1.39.